The molecule has 3 heteroatoms. The summed E-state index contributed by atoms with van der Waals surface area (Å²) in [4.78, 5) is 12.3. The normalized spacial score (nSPS) is 10.9. The highest BCUT2D eigenvalue weighted by Crippen LogP contribution is 2.23. The second-order valence-electron chi connectivity index (χ2n) is 3.84. The quantitative estimate of drug-likeness (QED) is 0.639. The number of para-hydroxylation sites is 1. The first-order valence-electron chi connectivity index (χ1n) is 5.33. The van der Waals surface area contributed by atoms with Crippen molar-refractivity contribution in [2.45, 2.75) is 6.92 Å². The Morgan fingerprint density at radius 1 is 1.06 bits per heavy atom. The average molecular weight is 226 g/mol. The molecule has 0 aliphatic heterocycles. The third-order valence-electron chi connectivity index (χ3n) is 2.74. The summed E-state index contributed by atoms with van der Waals surface area (Å²) in [7, 11) is 0. The van der Waals surface area contributed by atoms with Gasteiger partial charge in [-0.3, -0.25) is 4.79 Å². The van der Waals surface area contributed by atoms with E-state index in [-0.39, 0.29) is 5.43 Å². The number of hydrogen-bond acceptors (Lipinski definition) is 3. The van der Waals surface area contributed by atoms with Gasteiger partial charge in [0, 0.05) is 0 Å². The van der Waals surface area contributed by atoms with Crippen molar-refractivity contribution in [2.24, 2.45) is 0 Å². The molecule has 0 fully saturated rings. The van der Waals surface area contributed by atoms with Gasteiger partial charge in [0.25, 0.3) is 0 Å². The summed E-state index contributed by atoms with van der Waals surface area (Å²) < 4.78 is 10.9. The Kier molecular flexibility index (Phi) is 2.11. The van der Waals surface area contributed by atoms with E-state index in [0.29, 0.717) is 28.1 Å². The number of hydrogen-bond donors (Lipinski definition) is 0. The molecule has 0 saturated heterocycles. The van der Waals surface area contributed by atoms with Gasteiger partial charge in [-0.25, -0.2) is 0 Å². The minimum atomic E-state index is -0.0562. The standard InChI is InChI=1S/C14H10O3/c1-9-13(12-7-4-8-16-12)14(15)10-5-2-3-6-11(10)17-9/h2-8H,1H3. The maximum atomic E-state index is 12.3. The highest BCUT2D eigenvalue weighted by molar-refractivity contribution is 5.81. The minimum absolute atomic E-state index is 0.0562. The first-order valence-corrected chi connectivity index (χ1v) is 5.33. The topological polar surface area (TPSA) is 43.4 Å². The Bertz CT molecular complexity index is 721. The molecule has 0 aliphatic rings. The molecule has 0 aliphatic carbocycles. The predicted molar refractivity (Wildman–Crippen MR) is 64.9 cm³/mol. The first kappa shape index (κ1) is 9.90. The highest BCUT2D eigenvalue weighted by atomic mass is 16.3. The first-order chi connectivity index (χ1) is 8.27. The van der Waals surface area contributed by atoms with E-state index in [4.69, 9.17) is 8.83 Å². The van der Waals surface area contributed by atoms with E-state index in [1.807, 2.05) is 12.1 Å². The molecule has 3 nitrogen and oxygen atoms in total. The fourth-order valence-corrected chi connectivity index (χ4v) is 1.96. The Labute approximate surface area is 97.3 Å². The smallest absolute Gasteiger partial charge is 0.203 e. The van der Waals surface area contributed by atoms with E-state index in [1.165, 1.54) is 0 Å². The fraction of sp³-hybridized carbons (Fsp3) is 0.0714. The largest absolute Gasteiger partial charge is 0.464 e. The van der Waals surface area contributed by atoms with Gasteiger partial charge >= 0.3 is 0 Å². The number of furan rings is 1. The van der Waals surface area contributed by atoms with Crippen molar-refractivity contribution < 1.29 is 8.83 Å². The van der Waals surface area contributed by atoms with Gasteiger partial charge in [-0.2, -0.15) is 0 Å². The molecule has 0 bridgehead atoms. The van der Waals surface area contributed by atoms with Gasteiger partial charge in [0.05, 0.1) is 11.6 Å². The summed E-state index contributed by atoms with van der Waals surface area (Å²) in [5.74, 6) is 1.12. The number of fused-ring (bicyclic) bond motifs is 1. The van der Waals surface area contributed by atoms with Crippen LogP contribution in [-0.4, -0.2) is 0 Å². The van der Waals surface area contributed by atoms with Crippen LogP contribution < -0.4 is 5.43 Å². The monoisotopic (exact) mass is 226 g/mol. The molecule has 1 aromatic carbocycles. The van der Waals surface area contributed by atoms with E-state index in [9.17, 15) is 4.79 Å². The van der Waals surface area contributed by atoms with Crippen LogP contribution >= 0.6 is 0 Å². The maximum Gasteiger partial charge on any atom is 0.203 e. The van der Waals surface area contributed by atoms with Gasteiger partial charge in [-0.05, 0) is 31.2 Å². The fourth-order valence-electron chi connectivity index (χ4n) is 1.96. The number of rotatable bonds is 1. The molecule has 0 radical (unpaired) electrons. The lowest BCUT2D eigenvalue weighted by Crippen LogP contribution is -2.06. The maximum absolute atomic E-state index is 12.3. The second kappa shape index (κ2) is 3.63. The van der Waals surface area contributed by atoms with Gasteiger partial charge in [-0.15, -0.1) is 0 Å². The summed E-state index contributed by atoms with van der Waals surface area (Å²) in [5, 5.41) is 0.574. The molecular weight excluding hydrogens is 216 g/mol. The van der Waals surface area contributed by atoms with Crippen LogP contribution in [0.5, 0.6) is 0 Å². The van der Waals surface area contributed by atoms with Gasteiger partial charge in [-0.1, -0.05) is 12.1 Å². The van der Waals surface area contributed by atoms with Crippen LogP contribution in [0.15, 0.2) is 56.3 Å². The van der Waals surface area contributed by atoms with Crippen LogP contribution in [0.1, 0.15) is 5.76 Å². The Hall–Kier alpha value is -2.29. The summed E-state index contributed by atoms with van der Waals surface area (Å²) in [6, 6.07) is 10.7. The molecule has 17 heavy (non-hydrogen) atoms. The molecule has 84 valence electrons. The van der Waals surface area contributed by atoms with Crippen molar-refractivity contribution in [1.29, 1.82) is 0 Å². The molecule has 0 spiro atoms. The molecule has 0 amide bonds. The highest BCUT2D eigenvalue weighted by Gasteiger charge is 2.14. The lowest BCUT2D eigenvalue weighted by Gasteiger charge is -2.03. The SMILES string of the molecule is Cc1oc2ccccc2c(=O)c1-c1ccco1. The van der Waals surface area contributed by atoms with Gasteiger partial charge in [0.15, 0.2) is 0 Å². The Balaban J connectivity index is 2.44. The molecular formula is C14H10O3. The lowest BCUT2D eigenvalue weighted by atomic mass is 10.1. The zero-order valence-electron chi connectivity index (χ0n) is 9.27. The van der Waals surface area contributed by atoms with E-state index < -0.39 is 0 Å². The number of benzene rings is 1. The van der Waals surface area contributed by atoms with E-state index in [2.05, 4.69) is 0 Å². The third-order valence-corrected chi connectivity index (χ3v) is 2.74. The second-order valence-corrected chi connectivity index (χ2v) is 3.84. The molecule has 0 unspecified atom stereocenters. The zero-order valence-corrected chi connectivity index (χ0v) is 9.27. The summed E-state index contributed by atoms with van der Waals surface area (Å²) in [6.07, 6.45) is 1.55. The van der Waals surface area contributed by atoms with Crippen molar-refractivity contribution in [3.63, 3.8) is 0 Å². The van der Waals surface area contributed by atoms with E-state index in [0.717, 1.165) is 0 Å². The van der Waals surface area contributed by atoms with Crippen molar-refractivity contribution in [3.05, 3.63) is 58.6 Å². The van der Waals surface area contributed by atoms with Crippen LogP contribution in [0.4, 0.5) is 0 Å². The molecule has 3 aromatic rings. The predicted octanol–water partition coefficient (Wildman–Crippen LogP) is 3.36. The van der Waals surface area contributed by atoms with Crippen molar-refractivity contribution >= 4 is 11.0 Å². The average Bonchev–Trinajstić information content (AvgIpc) is 2.83. The van der Waals surface area contributed by atoms with Crippen LogP contribution in [0.3, 0.4) is 0 Å². The molecule has 0 atom stereocenters. The minimum Gasteiger partial charge on any atom is -0.464 e. The van der Waals surface area contributed by atoms with Gasteiger partial charge in [0.1, 0.15) is 22.7 Å². The van der Waals surface area contributed by atoms with Gasteiger partial charge in [0.2, 0.25) is 5.43 Å². The molecule has 2 heterocycles. The summed E-state index contributed by atoms with van der Waals surface area (Å²) >= 11 is 0. The molecule has 0 saturated carbocycles. The summed E-state index contributed by atoms with van der Waals surface area (Å²) in [6.45, 7) is 1.77. The van der Waals surface area contributed by atoms with E-state index >= 15 is 0 Å². The van der Waals surface area contributed by atoms with Crippen molar-refractivity contribution in [1.82, 2.24) is 0 Å². The summed E-state index contributed by atoms with van der Waals surface area (Å²) in [5.41, 5.74) is 1.04. The van der Waals surface area contributed by atoms with Crippen LogP contribution in [-0.2, 0) is 0 Å². The number of aryl methyl sites for hydroxylation is 1. The van der Waals surface area contributed by atoms with Crippen LogP contribution in [0, 0.1) is 6.92 Å². The molecule has 0 N–H and O–H groups in total. The Morgan fingerprint density at radius 3 is 2.65 bits per heavy atom. The van der Waals surface area contributed by atoms with Gasteiger partial charge < -0.3 is 8.83 Å². The van der Waals surface area contributed by atoms with Crippen molar-refractivity contribution in [2.75, 3.05) is 0 Å². The molecule has 2 aromatic heterocycles. The molecule has 3 rings (SSSR count). The van der Waals surface area contributed by atoms with Crippen LogP contribution in [0.2, 0.25) is 0 Å². The van der Waals surface area contributed by atoms with E-state index in [1.54, 1.807) is 37.5 Å². The lowest BCUT2D eigenvalue weighted by molar-refractivity contribution is 0.550. The van der Waals surface area contributed by atoms with Crippen molar-refractivity contribution in [3.8, 4) is 11.3 Å². The zero-order chi connectivity index (χ0) is 11.8. The van der Waals surface area contributed by atoms with Crippen LogP contribution in [0.25, 0.3) is 22.3 Å². The Morgan fingerprint density at radius 2 is 1.88 bits per heavy atom. The third kappa shape index (κ3) is 1.47.